The summed E-state index contributed by atoms with van der Waals surface area (Å²) in [6, 6.07) is 0. The van der Waals surface area contributed by atoms with Crippen LogP contribution in [0.2, 0.25) is 0 Å². The molecular weight excluding hydrogens is 388 g/mol. The van der Waals surface area contributed by atoms with Crippen LogP contribution in [0.25, 0.3) is 0 Å². The fraction of sp³-hybridized carbons (Fsp3) is 0.889. The molecule has 0 spiro atoms. The van der Waals surface area contributed by atoms with Crippen LogP contribution in [0.1, 0.15) is 85.5 Å². The van der Waals surface area contributed by atoms with Crippen molar-refractivity contribution >= 4 is 5.97 Å². The number of rotatable bonds is 4. The summed E-state index contributed by atoms with van der Waals surface area (Å²) in [7, 11) is 0. The van der Waals surface area contributed by atoms with E-state index in [1.54, 1.807) is 5.57 Å². The summed E-state index contributed by atoms with van der Waals surface area (Å²) >= 11 is 0. The molecule has 3 saturated carbocycles. The third-order valence-corrected chi connectivity index (χ3v) is 11.0. The van der Waals surface area contributed by atoms with Gasteiger partial charge < -0.3 is 14.9 Å². The zero-order valence-electron chi connectivity index (χ0n) is 19.8. The van der Waals surface area contributed by atoms with Crippen molar-refractivity contribution in [1.29, 1.82) is 0 Å². The summed E-state index contributed by atoms with van der Waals surface area (Å²) in [6.07, 6.45) is 12.6. The maximum atomic E-state index is 11.2. The molecule has 0 bridgehead atoms. The minimum atomic E-state index is -0.690. The summed E-state index contributed by atoms with van der Waals surface area (Å²) in [5, 5.41) is 19.5. The molecule has 4 heteroatoms. The number of ether oxygens (including phenoxy) is 1. The standard InChI is InChI=1S/C27H42O4/c1-15(25(29)30)5-8-22-16(2)24-23(31-22)14-21-19-7-6-17-13-18(28)9-11-26(17,3)20(19)10-12-27(21,24)4/h6,15-16,18-24,28H,5,7-14H2,1-4H3,(H,29,30)/t15?,16-,18+,19-,20+,21+,22-,23+,24+,26+,27+/m1/s1. The van der Waals surface area contributed by atoms with Gasteiger partial charge in [0.05, 0.1) is 24.2 Å². The Kier molecular flexibility index (Phi) is 5.37. The van der Waals surface area contributed by atoms with Gasteiger partial charge in [0.2, 0.25) is 0 Å². The molecule has 4 fully saturated rings. The number of hydrogen-bond acceptors (Lipinski definition) is 3. The van der Waals surface area contributed by atoms with Crippen LogP contribution in [0.15, 0.2) is 11.6 Å². The van der Waals surface area contributed by atoms with Crippen LogP contribution in [0, 0.1) is 46.3 Å². The first kappa shape index (κ1) is 21.9. The molecule has 4 aliphatic carbocycles. The van der Waals surface area contributed by atoms with E-state index in [9.17, 15) is 15.0 Å². The van der Waals surface area contributed by atoms with Gasteiger partial charge >= 0.3 is 5.97 Å². The zero-order chi connectivity index (χ0) is 22.1. The van der Waals surface area contributed by atoms with Gasteiger partial charge in [-0.1, -0.05) is 39.3 Å². The summed E-state index contributed by atoms with van der Waals surface area (Å²) in [6.45, 7) is 9.26. The van der Waals surface area contributed by atoms with Crippen molar-refractivity contribution in [2.24, 2.45) is 46.3 Å². The molecule has 174 valence electrons. The highest BCUT2D eigenvalue weighted by atomic mass is 16.5. The minimum absolute atomic E-state index is 0.134. The quantitative estimate of drug-likeness (QED) is 0.583. The molecule has 1 unspecified atom stereocenters. The SMILES string of the molecule is CC(CC[C@H]1O[C@H]2C[C@H]3[C@@H]4CC=C5C[C@@H](O)CC[C@]5(C)[C@H]4CC[C@]3(C)[C@H]2[C@@H]1C)C(=O)O. The number of carboxylic acids is 1. The minimum Gasteiger partial charge on any atom is -0.481 e. The van der Waals surface area contributed by atoms with Crippen molar-refractivity contribution in [3.8, 4) is 0 Å². The number of aliphatic carboxylic acids is 1. The lowest BCUT2D eigenvalue weighted by Gasteiger charge is -2.58. The summed E-state index contributed by atoms with van der Waals surface area (Å²) in [5.41, 5.74) is 2.20. The summed E-state index contributed by atoms with van der Waals surface area (Å²) in [5.74, 6) is 2.43. The molecule has 2 N–H and O–H groups in total. The Morgan fingerprint density at radius 3 is 2.77 bits per heavy atom. The maximum absolute atomic E-state index is 11.2. The first-order valence-corrected chi connectivity index (χ1v) is 12.9. The van der Waals surface area contributed by atoms with E-state index in [1.165, 1.54) is 25.7 Å². The third kappa shape index (κ3) is 3.26. The second-order valence-corrected chi connectivity index (χ2v) is 12.4. The topological polar surface area (TPSA) is 66.8 Å². The van der Waals surface area contributed by atoms with E-state index in [4.69, 9.17) is 4.74 Å². The maximum Gasteiger partial charge on any atom is 0.306 e. The molecule has 0 radical (unpaired) electrons. The first-order valence-electron chi connectivity index (χ1n) is 12.9. The second kappa shape index (κ2) is 7.58. The predicted molar refractivity (Wildman–Crippen MR) is 120 cm³/mol. The smallest absolute Gasteiger partial charge is 0.306 e. The molecule has 0 aromatic heterocycles. The Morgan fingerprint density at radius 2 is 2.03 bits per heavy atom. The second-order valence-electron chi connectivity index (χ2n) is 12.4. The summed E-state index contributed by atoms with van der Waals surface area (Å²) < 4.78 is 6.67. The van der Waals surface area contributed by atoms with E-state index < -0.39 is 5.97 Å². The first-order chi connectivity index (χ1) is 14.6. The Hall–Kier alpha value is -0.870. The lowest BCUT2D eigenvalue weighted by molar-refractivity contribution is -0.141. The fourth-order valence-corrected chi connectivity index (χ4v) is 9.20. The number of carbonyl (C=O) groups is 1. The fourth-order valence-electron chi connectivity index (χ4n) is 9.20. The van der Waals surface area contributed by atoms with Gasteiger partial charge in [0, 0.05) is 0 Å². The van der Waals surface area contributed by atoms with Crippen LogP contribution in [0.3, 0.4) is 0 Å². The largest absolute Gasteiger partial charge is 0.481 e. The number of carboxylic acid groups (broad SMARTS) is 1. The van der Waals surface area contributed by atoms with Crippen molar-refractivity contribution in [2.45, 2.75) is 104 Å². The molecule has 31 heavy (non-hydrogen) atoms. The van der Waals surface area contributed by atoms with Crippen LogP contribution >= 0.6 is 0 Å². The molecule has 5 aliphatic rings. The highest BCUT2D eigenvalue weighted by Crippen LogP contribution is 2.69. The third-order valence-electron chi connectivity index (χ3n) is 11.0. The Balaban J connectivity index is 1.33. The Labute approximate surface area is 187 Å². The molecule has 0 aromatic carbocycles. The number of aliphatic hydroxyl groups is 1. The van der Waals surface area contributed by atoms with Crippen LogP contribution in [0.5, 0.6) is 0 Å². The van der Waals surface area contributed by atoms with Gasteiger partial charge in [-0.05, 0) is 98.2 Å². The van der Waals surface area contributed by atoms with E-state index in [0.717, 1.165) is 43.4 Å². The lowest BCUT2D eigenvalue weighted by Crippen LogP contribution is -2.51. The Morgan fingerprint density at radius 1 is 1.26 bits per heavy atom. The van der Waals surface area contributed by atoms with Crippen LogP contribution in [-0.4, -0.2) is 34.5 Å². The van der Waals surface area contributed by atoms with Crippen LogP contribution < -0.4 is 0 Å². The van der Waals surface area contributed by atoms with Crippen molar-refractivity contribution in [1.82, 2.24) is 0 Å². The van der Waals surface area contributed by atoms with Gasteiger partial charge in [0.25, 0.3) is 0 Å². The lowest BCUT2D eigenvalue weighted by atomic mass is 9.47. The average molecular weight is 431 g/mol. The number of aliphatic hydroxyl groups excluding tert-OH is 1. The Bertz CT molecular complexity index is 760. The highest BCUT2D eigenvalue weighted by molar-refractivity contribution is 5.69. The van der Waals surface area contributed by atoms with Gasteiger partial charge in [0.15, 0.2) is 0 Å². The molecule has 11 atom stereocenters. The van der Waals surface area contributed by atoms with E-state index >= 15 is 0 Å². The van der Waals surface area contributed by atoms with E-state index in [0.29, 0.717) is 35.2 Å². The van der Waals surface area contributed by atoms with Crippen molar-refractivity contribution in [3.05, 3.63) is 11.6 Å². The molecule has 0 aromatic rings. The molecule has 5 rings (SSSR count). The van der Waals surface area contributed by atoms with Gasteiger partial charge in [-0.3, -0.25) is 4.79 Å². The average Bonchev–Trinajstić information content (AvgIpc) is 3.20. The molecule has 1 heterocycles. The van der Waals surface area contributed by atoms with Crippen molar-refractivity contribution in [2.75, 3.05) is 0 Å². The number of fused-ring (bicyclic) bond motifs is 7. The van der Waals surface area contributed by atoms with Crippen molar-refractivity contribution in [3.63, 3.8) is 0 Å². The molecule has 0 amide bonds. The van der Waals surface area contributed by atoms with E-state index in [2.05, 4.69) is 26.8 Å². The van der Waals surface area contributed by atoms with Gasteiger partial charge in [-0.25, -0.2) is 0 Å². The summed E-state index contributed by atoms with van der Waals surface area (Å²) in [4.78, 5) is 11.2. The predicted octanol–water partition coefficient (Wildman–Crippen LogP) is 5.44. The van der Waals surface area contributed by atoms with Gasteiger partial charge in [-0.15, -0.1) is 0 Å². The normalized spacial score (nSPS) is 51.8. The van der Waals surface area contributed by atoms with Crippen LogP contribution in [-0.2, 0) is 9.53 Å². The number of hydrogen-bond donors (Lipinski definition) is 2. The van der Waals surface area contributed by atoms with Gasteiger partial charge in [0.1, 0.15) is 0 Å². The molecule has 1 aliphatic heterocycles. The van der Waals surface area contributed by atoms with E-state index in [1.807, 2.05) is 6.92 Å². The highest BCUT2D eigenvalue weighted by Gasteiger charge is 2.64. The van der Waals surface area contributed by atoms with Gasteiger partial charge in [-0.2, -0.15) is 0 Å². The molecular formula is C27H42O4. The zero-order valence-corrected chi connectivity index (χ0v) is 19.8. The monoisotopic (exact) mass is 430 g/mol. The molecule has 1 saturated heterocycles. The van der Waals surface area contributed by atoms with Crippen molar-refractivity contribution < 1.29 is 19.7 Å². The molecule has 4 nitrogen and oxygen atoms in total. The van der Waals surface area contributed by atoms with Crippen LogP contribution in [0.4, 0.5) is 0 Å². The number of allylic oxidation sites excluding steroid dienone is 1. The van der Waals surface area contributed by atoms with E-state index in [-0.39, 0.29) is 18.1 Å².